The minimum absolute atomic E-state index is 0.177. The number of imide groups is 2. The fourth-order valence-electron chi connectivity index (χ4n) is 3.04. The van der Waals surface area contributed by atoms with E-state index in [9.17, 15) is 14.4 Å². The topological polar surface area (TPSA) is 78.5 Å². The highest BCUT2D eigenvalue weighted by Crippen LogP contribution is 2.12. The number of carbonyl (C=O) groups is 3. The van der Waals surface area contributed by atoms with E-state index in [1.807, 2.05) is 0 Å². The average molecular weight is 354 g/mol. The van der Waals surface area contributed by atoms with Gasteiger partial charge in [0.2, 0.25) is 5.91 Å². The van der Waals surface area contributed by atoms with E-state index in [2.05, 4.69) is 17.6 Å². The van der Waals surface area contributed by atoms with E-state index in [1.54, 1.807) is 0 Å². The van der Waals surface area contributed by atoms with Crippen LogP contribution in [0, 0.1) is 0 Å². The Hall–Kier alpha value is -1.59. The van der Waals surface area contributed by atoms with Crippen molar-refractivity contribution in [3.63, 3.8) is 0 Å². The summed E-state index contributed by atoms with van der Waals surface area (Å²) in [4.78, 5) is 35.0. The van der Waals surface area contributed by atoms with Crippen molar-refractivity contribution in [3.8, 4) is 0 Å². The number of rotatable bonds is 14. The van der Waals surface area contributed by atoms with Crippen molar-refractivity contribution in [2.75, 3.05) is 13.1 Å². The first-order valence-corrected chi connectivity index (χ1v) is 10.0. The Balaban J connectivity index is 1.82. The van der Waals surface area contributed by atoms with Gasteiger partial charge in [-0.25, -0.2) is 14.5 Å². The van der Waals surface area contributed by atoms with Crippen LogP contribution in [0.3, 0.4) is 0 Å². The molecule has 0 aliphatic carbocycles. The Morgan fingerprint density at radius 1 is 0.880 bits per heavy atom. The molecule has 1 fully saturated rings. The summed E-state index contributed by atoms with van der Waals surface area (Å²) in [5, 5.41) is 4.78. The molecule has 25 heavy (non-hydrogen) atoms. The zero-order valence-electron chi connectivity index (χ0n) is 15.8. The summed E-state index contributed by atoms with van der Waals surface area (Å²) in [6, 6.07) is -1.12. The molecule has 6 heteroatoms. The van der Waals surface area contributed by atoms with Crippen molar-refractivity contribution in [1.82, 2.24) is 15.5 Å². The maximum atomic E-state index is 11.7. The summed E-state index contributed by atoms with van der Waals surface area (Å²) < 4.78 is 0. The molecule has 6 nitrogen and oxygen atoms in total. The smallest absolute Gasteiger partial charge is 0.332 e. The van der Waals surface area contributed by atoms with E-state index in [0.717, 1.165) is 17.7 Å². The highest BCUT2D eigenvalue weighted by atomic mass is 16.2. The first-order chi connectivity index (χ1) is 12.1. The van der Waals surface area contributed by atoms with E-state index in [-0.39, 0.29) is 6.54 Å². The Morgan fingerprint density at radius 2 is 1.36 bits per heavy atom. The van der Waals surface area contributed by atoms with Crippen LogP contribution in [-0.4, -0.2) is 36.0 Å². The van der Waals surface area contributed by atoms with E-state index < -0.39 is 18.0 Å². The van der Waals surface area contributed by atoms with Gasteiger partial charge in [0, 0.05) is 6.54 Å². The maximum Gasteiger partial charge on any atom is 0.332 e. The van der Waals surface area contributed by atoms with Crippen molar-refractivity contribution in [2.45, 2.75) is 90.4 Å². The second-order valence-electron chi connectivity index (χ2n) is 6.91. The Kier molecular flexibility index (Phi) is 11.7. The number of nitrogens with zero attached hydrogens (tertiary/aromatic N) is 1. The molecule has 1 aliphatic rings. The summed E-state index contributed by atoms with van der Waals surface area (Å²) in [6.07, 6.45) is 16.7. The molecule has 0 aromatic rings. The van der Waals surface area contributed by atoms with Crippen LogP contribution in [0.5, 0.6) is 0 Å². The molecular weight excluding hydrogens is 318 g/mol. The van der Waals surface area contributed by atoms with Gasteiger partial charge in [-0.3, -0.25) is 10.1 Å². The third kappa shape index (κ3) is 10.1. The van der Waals surface area contributed by atoms with Crippen LogP contribution in [0.1, 0.15) is 90.4 Å². The summed E-state index contributed by atoms with van der Waals surface area (Å²) in [7, 11) is 0. The molecule has 0 aromatic carbocycles. The zero-order valence-corrected chi connectivity index (χ0v) is 15.8. The zero-order chi connectivity index (χ0) is 18.3. The molecule has 0 saturated carbocycles. The molecule has 2 N–H and O–H groups in total. The van der Waals surface area contributed by atoms with Crippen LogP contribution in [0.15, 0.2) is 0 Å². The molecule has 1 rings (SSSR count). The normalized spacial score (nSPS) is 14.0. The van der Waals surface area contributed by atoms with Crippen molar-refractivity contribution in [3.05, 3.63) is 0 Å². The molecule has 5 amide bonds. The number of urea groups is 2. The van der Waals surface area contributed by atoms with Gasteiger partial charge in [-0.2, -0.15) is 0 Å². The Bertz CT molecular complexity index is 413. The highest BCUT2D eigenvalue weighted by Gasteiger charge is 2.31. The molecule has 144 valence electrons. The lowest BCUT2D eigenvalue weighted by atomic mass is 10.0. The number of nitrogens with one attached hydrogen (secondary N) is 2. The Morgan fingerprint density at radius 3 is 1.80 bits per heavy atom. The van der Waals surface area contributed by atoms with Crippen LogP contribution in [0.2, 0.25) is 0 Å². The van der Waals surface area contributed by atoms with Gasteiger partial charge in [0.1, 0.15) is 6.54 Å². The summed E-state index contributed by atoms with van der Waals surface area (Å²) in [5.74, 6) is -0.430. The number of hydrogen-bond donors (Lipinski definition) is 2. The van der Waals surface area contributed by atoms with Crippen molar-refractivity contribution in [2.24, 2.45) is 0 Å². The maximum absolute atomic E-state index is 11.7. The van der Waals surface area contributed by atoms with E-state index in [0.29, 0.717) is 6.54 Å². The number of hydrogen-bond acceptors (Lipinski definition) is 3. The first-order valence-electron chi connectivity index (χ1n) is 10.0. The minimum Gasteiger partial charge on any atom is -0.338 e. The van der Waals surface area contributed by atoms with Gasteiger partial charge in [-0.05, 0) is 6.42 Å². The summed E-state index contributed by atoms with van der Waals surface area (Å²) >= 11 is 0. The molecular formula is C19H35N3O3. The molecule has 0 atom stereocenters. The van der Waals surface area contributed by atoms with Gasteiger partial charge in [0.25, 0.3) is 0 Å². The summed E-state index contributed by atoms with van der Waals surface area (Å²) in [6.45, 7) is 2.62. The predicted octanol–water partition coefficient (Wildman–Crippen LogP) is 4.34. The van der Waals surface area contributed by atoms with Crippen LogP contribution in [-0.2, 0) is 4.79 Å². The lowest BCUT2D eigenvalue weighted by molar-refractivity contribution is -0.118. The standard InChI is InChI=1S/C19H35N3O3/c1-2-3-4-5-6-7-8-9-10-11-12-13-14-15-20-18(24)22-16-17(23)21-19(22)25/h2-16H2,1H3,(H,20,24)(H,21,23,25). The van der Waals surface area contributed by atoms with Gasteiger partial charge < -0.3 is 5.32 Å². The first kappa shape index (κ1) is 21.5. The van der Waals surface area contributed by atoms with E-state index in [1.165, 1.54) is 70.6 Å². The number of amides is 5. The fourth-order valence-corrected chi connectivity index (χ4v) is 3.04. The van der Waals surface area contributed by atoms with Gasteiger partial charge >= 0.3 is 12.1 Å². The van der Waals surface area contributed by atoms with Gasteiger partial charge in [-0.1, -0.05) is 84.0 Å². The third-order valence-electron chi connectivity index (χ3n) is 4.59. The lowest BCUT2D eigenvalue weighted by Gasteiger charge is -2.12. The average Bonchev–Trinajstić information content (AvgIpc) is 2.93. The molecule has 1 heterocycles. The fraction of sp³-hybridized carbons (Fsp3) is 0.842. The Labute approximate surface area is 152 Å². The summed E-state index contributed by atoms with van der Waals surface area (Å²) in [5.41, 5.74) is 0. The van der Waals surface area contributed by atoms with Crippen molar-refractivity contribution in [1.29, 1.82) is 0 Å². The van der Waals surface area contributed by atoms with E-state index in [4.69, 9.17) is 0 Å². The molecule has 1 saturated heterocycles. The molecule has 0 radical (unpaired) electrons. The molecule has 0 spiro atoms. The van der Waals surface area contributed by atoms with Gasteiger partial charge in [0.15, 0.2) is 0 Å². The third-order valence-corrected chi connectivity index (χ3v) is 4.59. The molecule has 1 aliphatic heterocycles. The number of carbonyl (C=O) groups excluding carboxylic acids is 3. The van der Waals surface area contributed by atoms with Crippen molar-refractivity contribution >= 4 is 18.0 Å². The molecule has 0 aromatic heterocycles. The van der Waals surface area contributed by atoms with E-state index >= 15 is 0 Å². The van der Waals surface area contributed by atoms with Crippen LogP contribution >= 0.6 is 0 Å². The second kappa shape index (κ2) is 13.7. The predicted molar refractivity (Wildman–Crippen MR) is 99.3 cm³/mol. The van der Waals surface area contributed by atoms with Crippen LogP contribution in [0.4, 0.5) is 9.59 Å². The lowest BCUT2D eigenvalue weighted by Crippen LogP contribution is -2.42. The van der Waals surface area contributed by atoms with Gasteiger partial charge in [-0.15, -0.1) is 0 Å². The van der Waals surface area contributed by atoms with Gasteiger partial charge in [0.05, 0.1) is 0 Å². The monoisotopic (exact) mass is 353 g/mol. The quantitative estimate of drug-likeness (QED) is 0.360. The molecule has 0 bridgehead atoms. The minimum atomic E-state index is -0.632. The SMILES string of the molecule is CCCCCCCCCCCCCCCNC(=O)N1CC(=O)NC1=O. The molecule has 0 unspecified atom stereocenters. The van der Waals surface area contributed by atoms with Crippen LogP contribution in [0.25, 0.3) is 0 Å². The second-order valence-corrected chi connectivity index (χ2v) is 6.91. The number of unbranched alkanes of at least 4 members (excludes halogenated alkanes) is 12. The van der Waals surface area contributed by atoms with Crippen LogP contribution < -0.4 is 10.6 Å². The van der Waals surface area contributed by atoms with Crippen molar-refractivity contribution < 1.29 is 14.4 Å². The highest BCUT2D eigenvalue weighted by molar-refractivity contribution is 6.09. The largest absolute Gasteiger partial charge is 0.338 e.